The quantitative estimate of drug-likeness (QED) is 0.843. The number of benzene rings is 2. The Morgan fingerprint density at radius 1 is 0.769 bits per heavy atom. The van der Waals surface area contributed by atoms with Gasteiger partial charge < -0.3 is 10.6 Å². The second-order valence-corrected chi connectivity index (χ2v) is 6.81. The fraction of sp³-hybridized carbons (Fsp3) is 0.263. The van der Waals surface area contributed by atoms with Gasteiger partial charge in [-0.05, 0) is 69.3 Å². The molecule has 2 N–H and O–H groups in total. The van der Waals surface area contributed by atoms with Crippen LogP contribution < -0.4 is 10.6 Å². The maximum absolute atomic E-state index is 12.5. The molecule has 0 spiro atoms. The van der Waals surface area contributed by atoms with Gasteiger partial charge in [0.1, 0.15) is 0 Å². The standard InChI is InChI=1S/C19H19F3N2O2/c1-18(2,3)24-17(26)13-6-10-15(11-7-13)23-16(25)12-4-8-14(9-5-12)19(20,21)22/h4-11H,1-3H3,(H,23,25)(H,24,26). The van der Waals surface area contributed by atoms with Gasteiger partial charge in [-0.1, -0.05) is 0 Å². The van der Waals surface area contributed by atoms with Crippen molar-refractivity contribution < 1.29 is 22.8 Å². The van der Waals surface area contributed by atoms with Crippen LogP contribution in [0.2, 0.25) is 0 Å². The predicted molar refractivity (Wildman–Crippen MR) is 93.1 cm³/mol. The summed E-state index contributed by atoms with van der Waals surface area (Å²) in [6.07, 6.45) is -4.45. The molecule has 0 aliphatic heterocycles. The van der Waals surface area contributed by atoms with E-state index in [1.165, 1.54) is 0 Å². The molecule has 0 saturated heterocycles. The average molecular weight is 364 g/mol. The van der Waals surface area contributed by atoms with E-state index < -0.39 is 17.6 Å². The molecular weight excluding hydrogens is 345 g/mol. The zero-order chi connectivity index (χ0) is 19.5. The molecule has 0 unspecified atom stereocenters. The number of alkyl halides is 3. The maximum Gasteiger partial charge on any atom is 0.416 e. The van der Waals surface area contributed by atoms with E-state index in [4.69, 9.17) is 0 Å². The highest BCUT2D eigenvalue weighted by molar-refractivity contribution is 6.04. The summed E-state index contributed by atoms with van der Waals surface area (Å²) in [7, 11) is 0. The van der Waals surface area contributed by atoms with E-state index in [1.807, 2.05) is 20.8 Å². The van der Waals surface area contributed by atoms with Gasteiger partial charge in [0.2, 0.25) is 0 Å². The third-order valence-electron chi connectivity index (χ3n) is 3.37. The number of carbonyl (C=O) groups excluding carboxylic acids is 2. The number of amides is 2. The van der Waals surface area contributed by atoms with E-state index in [9.17, 15) is 22.8 Å². The van der Waals surface area contributed by atoms with Gasteiger partial charge in [-0.3, -0.25) is 9.59 Å². The SMILES string of the molecule is CC(C)(C)NC(=O)c1ccc(NC(=O)c2ccc(C(F)(F)F)cc2)cc1. The van der Waals surface area contributed by atoms with Crippen molar-refractivity contribution in [1.29, 1.82) is 0 Å². The molecule has 4 nitrogen and oxygen atoms in total. The number of nitrogens with one attached hydrogen (secondary N) is 2. The molecule has 2 aromatic rings. The van der Waals surface area contributed by atoms with Gasteiger partial charge in [-0.25, -0.2) is 0 Å². The van der Waals surface area contributed by atoms with Gasteiger partial charge in [-0.2, -0.15) is 13.2 Å². The molecule has 0 aliphatic rings. The van der Waals surface area contributed by atoms with Crippen LogP contribution in [-0.4, -0.2) is 17.4 Å². The Labute approximate surface area is 149 Å². The topological polar surface area (TPSA) is 58.2 Å². The molecule has 2 rings (SSSR count). The van der Waals surface area contributed by atoms with Crippen LogP contribution in [0.15, 0.2) is 48.5 Å². The van der Waals surface area contributed by atoms with Gasteiger partial charge in [0.05, 0.1) is 5.56 Å². The van der Waals surface area contributed by atoms with Crippen molar-refractivity contribution in [2.45, 2.75) is 32.5 Å². The van der Waals surface area contributed by atoms with Gasteiger partial charge >= 0.3 is 6.18 Å². The van der Waals surface area contributed by atoms with Crippen LogP contribution in [0.3, 0.4) is 0 Å². The molecule has 26 heavy (non-hydrogen) atoms. The van der Waals surface area contributed by atoms with Crippen LogP contribution in [0.1, 0.15) is 47.1 Å². The summed E-state index contributed by atoms with van der Waals surface area (Å²) in [5.74, 6) is -0.774. The average Bonchev–Trinajstić information content (AvgIpc) is 2.53. The number of halogens is 3. The minimum absolute atomic E-state index is 0.104. The van der Waals surface area contributed by atoms with E-state index in [1.54, 1.807) is 24.3 Å². The lowest BCUT2D eigenvalue weighted by molar-refractivity contribution is -0.137. The van der Waals surface area contributed by atoms with Crippen molar-refractivity contribution in [1.82, 2.24) is 5.32 Å². The Morgan fingerprint density at radius 2 is 1.23 bits per heavy atom. The largest absolute Gasteiger partial charge is 0.416 e. The highest BCUT2D eigenvalue weighted by Gasteiger charge is 2.30. The molecule has 138 valence electrons. The summed E-state index contributed by atoms with van der Waals surface area (Å²) in [5.41, 5.74) is -0.211. The minimum Gasteiger partial charge on any atom is -0.347 e. The monoisotopic (exact) mass is 364 g/mol. The van der Waals surface area contributed by atoms with Gasteiger partial charge in [0.15, 0.2) is 0 Å². The van der Waals surface area contributed by atoms with Gasteiger partial charge in [0, 0.05) is 22.4 Å². The summed E-state index contributed by atoms with van der Waals surface area (Å²) in [6.45, 7) is 5.59. The Hall–Kier alpha value is -2.83. The van der Waals surface area contributed by atoms with E-state index >= 15 is 0 Å². The number of hydrogen-bond donors (Lipinski definition) is 2. The van der Waals surface area contributed by atoms with Gasteiger partial charge in [-0.15, -0.1) is 0 Å². The van der Waals surface area contributed by atoms with Crippen molar-refractivity contribution in [2.24, 2.45) is 0 Å². The van der Waals surface area contributed by atoms with Crippen molar-refractivity contribution in [3.63, 3.8) is 0 Å². The fourth-order valence-corrected chi connectivity index (χ4v) is 2.13. The normalized spacial score (nSPS) is 11.8. The summed E-state index contributed by atoms with van der Waals surface area (Å²) in [5, 5.41) is 5.40. The molecular formula is C19H19F3N2O2. The first-order valence-electron chi connectivity index (χ1n) is 7.87. The van der Waals surface area contributed by atoms with Crippen LogP contribution >= 0.6 is 0 Å². The molecule has 0 heterocycles. The van der Waals surface area contributed by atoms with Crippen LogP contribution in [0.5, 0.6) is 0 Å². The first-order chi connectivity index (χ1) is 12.0. The van der Waals surface area contributed by atoms with Crippen LogP contribution in [0.25, 0.3) is 0 Å². The summed E-state index contributed by atoms with van der Waals surface area (Å²) >= 11 is 0. The highest BCUT2D eigenvalue weighted by Crippen LogP contribution is 2.29. The summed E-state index contributed by atoms with van der Waals surface area (Å²) in [4.78, 5) is 24.1. The van der Waals surface area contributed by atoms with Crippen LogP contribution in [0.4, 0.5) is 18.9 Å². The van der Waals surface area contributed by atoms with E-state index in [2.05, 4.69) is 10.6 Å². The second-order valence-electron chi connectivity index (χ2n) is 6.81. The van der Waals surface area contributed by atoms with Gasteiger partial charge in [0.25, 0.3) is 11.8 Å². The molecule has 0 bridgehead atoms. The van der Waals surface area contributed by atoms with Crippen molar-refractivity contribution in [2.75, 3.05) is 5.32 Å². The minimum atomic E-state index is -4.45. The third-order valence-corrected chi connectivity index (χ3v) is 3.37. The van der Waals surface area contributed by atoms with Crippen molar-refractivity contribution in [3.8, 4) is 0 Å². The lowest BCUT2D eigenvalue weighted by atomic mass is 10.1. The first-order valence-corrected chi connectivity index (χ1v) is 7.87. The van der Waals surface area contributed by atoms with Crippen molar-refractivity contribution in [3.05, 3.63) is 65.2 Å². The molecule has 2 amide bonds. The smallest absolute Gasteiger partial charge is 0.347 e. The maximum atomic E-state index is 12.5. The number of anilines is 1. The second kappa shape index (κ2) is 7.19. The molecule has 0 fully saturated rings. The summed E-state index contributed by atoms with van der Waals surface area (Å²) < 4.78 is 37.6. The van der Waals surface area contributed by atoms with Crippen molar-refractivity contribution >= 4 is 17.5 Å². The molecule has 2 aromatic carbocycles. The molecule has 0 aromatic heterocycles. The Balaban J connectivity index is 2.04. The summed E-state index contributed by atoms with van der Waals surface area (Å²) in [6, 6.07) is 10.2. The first kappa shape index (κ1) is 19.5. The molecule has 0 saturated carbocycles. The third kappa shape index (κ3) is 5.34. The van der Waals surface area contributed by atoms with Crippen LogP contribution in [-0.2, 0) is 6.18 Å². The Bertz CT molecular complexity index is 790. The lowest BCUT2D eigenvalue weighted by Gasteiger charge is -2.20. The molecule has 7 heteroatoms. The van der Waals surface area contributed by atoms with Crippen LogP contribution in [0, 0.1) is 0 Å². The molecule has 0 atom stereocenters. The lowest BCUT2D eigenvalue weighted by Crippen LogP contribution is -2.40. The molecule has 0 radical (unpaired) electrons. The number of carbonyl (C=O) groups is 2. The highest BCUT2D eigenvalue weighted by atomic mass is 19.4. The van der Waals surface area contributed by atoms with E-state index in [-0.39, 0.29) is 17.0 Å². The number of rotatable bonds is 3. The zero-order valence-electron chi connectivity index (χ0n) is 14.6. The Kier molecular flexibility index (Phi) is 5.39. The van der Waals surface area contributed by atoms with E-state index in [0.717, 1.165) is 24.3 Å². The molecule has 0 aliphatic carbocycles. The fourth-order valence-electron chi connectivity index (χ4n) is 2.13. The number of hydrogen-bond acceptors (Lipinski definition) is 2. The Morgan fingerprint density at radius 3 is 1.69 bits per heavy atom. The zero-order valence-corrected chi connectivity index (χ0v) is 14.6. The predicted octanol–water partition coefficient (Wildman–Crippen LogP) is 4.49. The van der Waals surface area contributed by atoms with E-state index in [0.29, 0.717) is 11.3 Å².